The maximum atomic E-state index is 10.4. The molecule has 0 radical (unpaired) electrons. The molecule has 1 aromatic carbocycles. The Morgan fingerprint density at radius 3 is 1.37 bits per heavy atom. The lowest BCUT2D eigenvalue weighted by Crippen LogP contribution is -2.39. The van der Waals surface area contributed by atoms with Crippen molar-refractivity contribution in [3.8, 4) is 11.5 Å². The van der Waals surface area contributed by atoms with Crippen LogP contribution >= 0.6 is 0 Å². The Kier molecular flexibility index (Phi) is 8.76. The van der Waals surface area contributed by atoms with E-state index in [0.29, 0.717) is 5.75 Å². The molecule has 0 fully saturated rings. The van der Waals surface area contributed by atoms with Crippen LogP contribution in [0.3, 0.4) is 0 Å². The van der Waals surface area contributed by atoms with Gasteiger partial charge in [0.1, 0.15) is 22.6 Å². The summed E-state index contributed by atoms with van der Waals surface area (Å²) in [5.41, 5.74) is -2.72. The van der Waals surface area contributed by atoms with E-state index in [2.05, 4.69) is 9.98 Å². The van der Waals surface area contributed by atoms with Gasteiger partial charge in [0.05, 0.1) is 46.8 Å². The Labute approximate surface area is 156 Å². The zero-order valence-corrected chi connectivity index (χ0v) is 15.0. The number of methoxy groups -OCH3 is 1. The molecule has 0 atom stereocenters. The summed E-state index contributed by atoms with van der Waals surface area (Å²) in [5.74, 6) is 0.0367. The molecule has 0 amide bonds. The second-order valence-corrected chi connectivity index (χ2v) is 6.07. The molecule has 0 bridgehead atoms. The van der Waals surface area contributed by atoms with Crippen LogP contribution in [0.25, 0.3) is 0 Å². The van der Waals surface area contributed by atoms with Gasteiger partial charge in [0.25, 0.3) is 0 Å². The standard InChI is InChI=1S/C17H26N2O8/c1-27-14-2-12(4-18-16(6-20,7-21)8-22)15(26)13(3-14)5-19-17(9-23,10-24)11-25/h2-5,20-26H,6-11H2,1H3. The molecule has 0 aliphatic heterocycles. The zero-order valence-electron chi connectivity index (χ0n) is 15.0. The Balaban J connectivity index is 3.36. The number of aromatic hydroxyl groups is 1. The van der Waals surface area contributed by atoms with E-state index in [4.69, 9.17) is 4.74 Å². The van der Waals surface area contributed by atoms with E-state index in [1.54, 1.807) is 0 Å². The van der Waals surface area contributed by atoms with Crippen LogP contribution in [0.15, 0.2) is 22.1 Å². The lowest BCUT2D eigenvalue weighted by Gasteiger charge is -2.22. The van der Waals surface area contributed by atoms with Gasteiger partial charge in [-0.3, -0.25) is 9.98 Å². The summed E-state index contributed by atoms with van der Waals surface area (Å²) in [6.07, 6.45) is 2.32. The van der Waals surface area contributed by atoms with Crippen LogP contribution in [0.5, 0.6) is 11.5 Å². The first-order valence-corrected chi connectivity index (χ1v) is 8.05. The van der Waals surface area contributed by atoms with Crippen molar-refractivity contribution in [3.05, 3.63) is 23.3 Å². The molecule has 1 rings (SSSR count). The number of rotatable bonds is 11. The summed E-state index contributed by atoms with van der Waals surface area (Å²) >= 11 is 0. The first-order chi connectivity index (χ1) is 12.9. The van der Waals surface area contributed by atoms with Crippen LogP contribution in [0.1, 0.15) is 11.1 Å². The smallest absolute Gasteiger partial charge is 0.133 e. The van der Waals surface area contributed by atoms with Crippen LogP contribution in [-0.2, 0) is 0 Å². The van der Waals surface area contributed by atoms with Gasteiger partial charge in [0.2, 0.25) is 0 Å². The van der Waals surface area contributed by atoms with Gasteiger partial charge in [-0.25, -0.2) is 0 Å². The zero-order chi connectivity index (χ0) is 20.5. The average molecular weight is 386 g/mol. The quantitative estimate of drug-likeness (QED) is 0.207. The van der Waals surface area contributed by atoms with Gasteiger partial charge in [-0.05, 0) is 12.1 Å². The molecule has 0 heterocycles. The summed E-state index contributed by atoms with van der Waals surface area (Å²) in [6.45, 7) is -3.66. The van der Waals surface area contributed by atoms with E-state index in [1.165, 1.54) is 19.2 Å². The molecule has 0 unspecified atom stereocenters. The highest BCUT2D eigenvalue weighted by Crippen LogP contribution is 2.27. The molecule has 10 heteroatoms. The number of ether oxygens (including phenoxy) is 1. The number of aliphatic hydroxyl groups excluding tert-OH is 6. The molecule has 0 aliphatic rings. The Morgan fingerprint density at radius 2 is 1.11 bits per heavy atom. The summed E-state index contributed by atoms with van der Waals surface area (Å²) in [4.78, 5) is 7.92. The largest absolute Gasteiger partial charge is 0.507 e. The third-order valence-electron chi connectivity index (χ3n) is 4.10. The van der Waals surface area contributed by atoms with Crippen LogP contribution in [0, 0.1) is 0 Å². The van der Waals surface area contributed by atoms with E-state index in [1.807, 2.05) is 0 Å². The second kappa shape index (κ2) is 10.3. The Hall–Kier alpha value is -2.08. The SMILES string of the molecule is COc1cc(C=NC(CO)(CO)CO)c(O)c(C=NC(CO)(CO)CO)c1. The predicted octanol–water partition coefficient (Wildman–Crippen LogP) is -2.33. The number of aliphatic hydroxyl groups is 6. The normalized spacial score (nSPS) is 13.0. The van der Waals surface area contributed by atoms with Crippen LogP contribution in [-0.4, -0.2) is 106 Å². The number of nitrogens with zero attached hydrogens (tertiary/aromatic N) is 2. The number of hydrogen-bond donors (Lipinski definition) is 7. The highest BCUT2D eigenvalue weighted by Gasteiger charge is 2.27. The Morgan fingerprint density at radius 1 is 0.778 bits per heavy atom. The van der Waals surface area contributed by atoms with Crippen molar-refractivity contribution in [1.82, 2.24) is 0 Å². The number of hydrogen-bond acceptors (Lipinski definition) is 10. The number of phenols is 1. The van der Waals surface area contributed by atoms with Crippen LogP contribution < -0.4 is 4.74 Å². The van der Waals surface area contributed by atoms with Crippen molar-refractivity contribution < 1.29 is 40.5 Å². The molecule has 0 saturated heterocycles. The summed E-state index contributed by atoms with van der Waals surface area (Å²) < 4.78 is 5.14. The van der Waals surface area contributed by atoms with Crippen LogP contribution in [0.2, 0.25) is 0 Å². The third kappa shape index (κ3) is 5.45. The molecular formula is C17H26N2O8. The topological polar surface area (TPSA) is 176 Å². The highest BCUT2D eigenvalue weighted by atomic mass is 16.5. The lowest BCUT2D eigenvalue weighted by molar-refractivity contribution is 0.0715. The van der Waals surface area contributed by atoms with E-state index in [9.17, 15) is 35.7 Å². The first kappa shape index (κ1) is 23.0. The van der Waals surface area contributed by atoms with Gasteiger partial charge in [-0.1, -0.05) is 0 Å². The molecule has 0 aromatic heterocycles. The van der Waals surface area contributed by atoms with Crippen molar-refractivity contribution in [2.24, 2.45) is 9.98 Å². The van der Waals surface area contributed by atoms with E-state index < -0.39 is 50.7 Å². The maximum Gasteiger partial charge on any atom is 0.133 e. The highest BCUT2D eigenvalue weighted by molar-refractivity contribution is 5.93. The molecule has 0 spiro atoms. The van der Waals surface area contributed by atoms with Gasteiger partial charge < -0.3 is 40.5 Å². The second-order valence-electron chi connectivity index (χ2n) is 6.07. The molecular weight excluding hydrogens is 360 g/mol. The third-order valence-corrected chi connectivity index (χ3v) is 4.10. The van der Waals surface area contributed by atoms with Crippen molar-refractivity contribution in [2.75, 3.05) is 46.8 Å². The van der Waals surface area contributed by atoms with Gasteiger partial charge >= 0.3 is 0 Å². The number of aliphatic imine (C=N–C) groups is 2. The Bertz CT molecular complexity index is 587. The fourth-order valence-electron chi connectivity index (χ4n) is 1.92. The van der Waals surface area contributed by atoms with Crippen LogP contribution in [0.4, 0.5) is 0 Å². The van der Waals surface area contributed by atoms with Crippen molar-refractivity contribution >= 4 is 12.4 Å². The molecule has 152 valence electrons. The lowest BCUT2D eigenvalue weighted by atomic mass is 10.0. The van der Waals surface area contributed by atoms with E-state index in [0.717, 1.165) is 12.4 Å². The molecule has 0 saturated carbocycles. The maximum absolute atomic E-state index is 10.4. The molecule has 10 nitrogen and oxygen atoms in total. The van der Waals surface area contributed by atoms with Crippen molar-refractivity contribution in [1.29, 1.82) is 0 Å². The van der Waals surface area contributed by atoms with Gasteiger partial charge in [0, 0.05) is 23.6 Å². The van der Waals surface area contributed by atoms with Crippen molar-refractivity contribution in [3.63, 3.8) is 0 Å². The van der Waals surface area contributed by atoms with E-state index >= 15 is 0 Å². The number of phenolic OH excluding ortho intramolecular Hbond substituents is 1. The fraction of sp³-hybridized carbons (Fsp3) is 0.529. The van der Waals surface area contributed by atoms with Gasteiger partial charge in [0.15, 0.2) is 0 Å². The van der Waals surface area contributed by atoms with E-state index in [-0.39, 0.29) is 16.9 Å². The molecule has 0 aliphatic carbocycles. The summed E-state index contributed by atoms with van der Waals surface area (Å²) in [7, 11) is 1.40. The first-order valence-electron chi connectivity index (χ1n) is 8.05. The summed E-state index contributed by atoms with van der Waals surface area (Å²) in [6, 6.07) is 2.87. The molecule has 27 heavy (non-hydrogen) atoms. The van der Waals surface area contributed by atoms with Crippen molar-refractivity contribution in [2.45, 2.75) is 11.1 Å². The monoisotopic (exact) mass is 386 g/mol. The molecule has 1 aromatic rings. The minimum Gasteiger partial charge on any atom is -0.507 e. The minimum atomic E-state index is -1.51. The molecule has 7 N–H and O–H groups in total. The predicted molar refractivity (Wildman–Crippen MR) is 97.8 cm³/mol. The number of benzene rings is 1. The fourth-order valence-corrected chi connectivity index (χ4v) is 1.92. The minimum absolute atomic E-state index is 0.151. The summed E-state index contributed by atoms with van der Waals surface area (Å²) in [5, 5.41) is 66.4. The van der Waals surface area contributed by atoms with Gasteiger partial charge in [-0.2, -0.15) is 0 Å². The average Bonchev–Trinajstić information content (AvgIpc) is 2.72. The van der Waals surface area contributed by atoms with Gasteiger partial charge in [-0.15, -0.1) is 0 Å².